The van der Waals surface area contributed by atoms with Crippen LogP contribution in [-0.2, 0) is 11.3 Å². The molecule has 1 aliphatic rings. The molecular formula is C19H20ClF3N2O2. The molecule has 8 heteroatoms. The van der Waals surface area contributed by atoms with Crippen molar-refractivity contribution in [1.29, 1.82) is 0 Å². The molecule has 0 amide bonds. The molecule has 1 saturated carbocycles. The fourth-order valence-corrected chi connectivity index (χ4v) is 3.70. The van der Waals surface area contributed by atoms with Crippen molar-refractivity contribution >= 4 is 11.6 Å². The predicted octanol–water partition coefficient (Wildman–Crippen LogP) is 4.87. The fourth-order valence-electron chi connectivity index (χ4n) is 3.57. The van der Waals surface area contributed by atoms with Crippen LogP contribution in [0.3, 0.4) is 0 Å². The molecule has 0 spiro atoms. The van der Waals surface area contributed by atoms with Crippen molar-refractivity contribution in [3.8, 4) is 5.69 Å². The first kappa shape index (κ1) is 19.9. The Kier molecular flexibility index (Phi) is 5.91. The highest BCUT2D eigenvalue weighted by molar-refractivity contribution is 6.30. The molecule has 0 saturated heterocycles. The standard InChI is InChI=1S/C19H20ClF3N2O2/c1-27-11-15-10-17(26)25(16-8-6-14(20)7-9-16)18(24-15)12-2-4-13(5-3-12)19(21,22)23/h6-10,12-13H,2-5,11H2,1H3/t12-,13+. The molecular weight excluding hydrogens is 381 g/mol. The van der Waals surface area contributed by atoms with Crippen LogP contribution in [0.2, 0.25) is 5.02 Å². The molecule has 1 aromatic carbocycles. The molecule has 0 unspecified atom stereocenters. The molecule has 0 N–H and O–H groups in total. The number of hydrogen-bond donors (Lipinski definition) is 0. The van der Waals surface area contributed by atoms with Crippen LogP contribution < -0.4 is 5.56 Å². The summed E-state index contributed by atoms with van der Waals surface area (Å²) >= 11 is 5.93. The summed E-state index contributed by atoms with van der Waals surface area (Å²) in [6, 6.07) is 8.12. The number of hydrogen-bond acceptors (Lipinski definition) is 3. The van der Waals surface area contributed by atoms with Crippen LogP contribution in [0.25, 0.3) is 5.69 Å². The van der Waals surface area contributed by atoms with E-state index in [0.29, 0.717) is 35.1 Å². The van der Waals surface area contributed by atoms with Crippen LogP contribution in [0.4, 0.5) is 13.2 Å². The van der Waals surface area contributed by atoms with E-state index in [1.165, 1.54) is 17.7 Å². The van der Waals surface area contributed by atoms with Crippen LogP contribution in [0.15, 0.2) is 35.1 Å². The molecule has 1 aromatic heterocycles. The number of rotatable bonds is 4. The summed E-state index contributed by atoms with van der Waals surface area (Å²) < 4.78 is 45.5. The maximum Gasteiger partial charge on any atom is 0.391 e. The van der Waals surface area contributed by atoms with Crippen LogP contribution in [0.1, 0.15) is 43.1 Å². The Labute approximate surface area is 159 Å². The van der Waals surface area contributed by atoms with Crippen molar-refractivity contribution in [1.82, 2.24) is 9.55 Å². The lowest BCUT2D eigenvalue weighted by atomic mass is 9.81. The molecule has 0 radical (unpaired) electrons. The van der Waals surface area contributed by atoms with E-state index in [4.69, 9.17) is 16.3 Å². The Morgan fingerprint density at radius 1 is 1.19 bits per heavy atom. The summed E-state index contributed by atoms with van der Waals surface area (Å²) in [5.41, 5.74) is 0.779. The van der Waals surface area contributed by atoms with Gasteiger partial charge < -0.3 is 4.74 Å². The van der Waals surface area contributed by atoms with Crippen molar-refractivity contribution in [3.05, 3.63) is 57.2 Å². The van der Waals surface area contributed by atoms with Gasteiger partial charge in [-0.1, -0.05) is 11.6 Å². The number of halogens is 4. The van der Waals surface area contributed by atoms with Crippen LogP contribution in [-0.4, -0.2) is 22.8 Å². The summed E-state index contributed by atoms with van der Waals surface area (Å²) in [7, 11) is 1.50. The summed E-state index contributed by atoms with van der Waals surface area (Å²) in [6.45, 7) is 0.168. The zero-order valence-corrected chi connectivity index (χ0v) is 15.6. The van der Waals surface area contributed by atoms with Crippen molar-refractivity contribution in [2.45, 2.75) is 44.4 Å². The number of aromatic nitrogens is 2. The van der Waals surface area contributed by atoms with Gasteiger partial charge in [-0.25, -0.2) is 4.98 Å². The number of nitrogens with zero attached hydrogens (tertiary/aromatic N) is 2. The van der Waals surface area contributed by atoms with E-state index in [2.05, 4.69) is 4.98 Å². The van der Waals surface area contributed by atoms with Gasteiger partial charge in [0, 0.05) is 24.1 Å². The predicted molar refractivity (Wildman–Crippen MR) is 96.3 cm³/mol. The lowest BCUT2D eigenvalue weighted by Gasteiger charge is -2.30. The number of methoxy groups -OCH3 is 1. The first-order valence-corrected chi connectivity index (χ1v) is 9.12. The molecule has 27 heavy (non-hydrogen) atoms. The van der Waals surface area contributed by atoms with Gasteiger partial charge >= 0.3 is 6.18 Å². The second-order valence-corrected chi connectivity index (χ2v) is 7.22. The minimum absolute atomic E-state index is 0.0408. The van der Waals surface area contributed by atoms with E-state index in [0.717, 1.165) is 0 Å². The Bertz CT molecular complexity index is 842. The van der Waals surface area contributed by atoms with Gasteiger partial charge in [0.2, 0.25) is 0 Å². The van der Waals surface area contributed by atoms with Gasteiger partial charge in [-0.2, -0.15) is 13.2 Å². The van der Waals surface area contributed by atoms with Crippen molar-refractivity contribution in [2.75, 3.05) is 7.11 Å². The monoisotopic (exact) mass is 400 g/mol. The summed E-state index contributed by atoms with van der Waals surface area (Å²) in [5.74, 6) is -1.02. The van der Waals surface area contributed by atoms with Crippen LogP contribution in [0.5, 0.6) is 0 Å². The molecule has 0 atom stereocenters. The van der Waals surface area contributed by atoms with E-state index >= 15 is 0 Å². The van der Waals surface area contributed by atoms with Gasteiger partial charge in [0.05, 0.1) is 23.9 Å². The highest BCUT2D eigenvalue weighted by atomic mass is 35.5. The Morgan fingerprint density at radius 3 is 2.37 bits per heavy atom. The average molecular weight is 401 g/mol. The first-order chi connectivity index (χ1) is 12.8. The zero-order chi connectivity index (χ0) is 19.6. The van der Waals surface area contributed by atoms with Gasteiger partial charge in [0.15, 0.2) is 0 Å². The van der Waals surface area contributed by atoms with Gasteiger partial charge in [-0.05, 0) is 49.9 Å². The molecule has 3 rings (SSSR count). The minimum atomic E-state index is -4.17. The van der Waals surface area contributed by atoms with Crippen LogP contribution >= 0.6 is 11.6 Å². The van der Waals surface area contributed by atoms with E-state index in [9.17, 15) is 18.0 Å². The molecule has 146 valence electrons. The highest BCUT2D eigenvalue weighted by Gasteiger charge is 2.42. The third kappa shape index (κ3) is 4.52. The second-order valence-electron chi connectivity index (χ2n) is 6.78. The van der Waals surface area contributed by atoms with E-state index in [-0.39, 0.29) is 30.9 Å². The normalized spacial score (nSPS) is 20.6. The van der Waals surface area contributed by atoms with E-state index in [1.54, 1.807) is 24.3 Å². The summed E-state index contributed by atoms with van der Waals surface area (Å²) in [5, 5.41) is 0.531. The zero-order valence-electron chi connectivity index (χ0n) is 14.8. The largest absolute Gasteiger partial charge is 0.391 e. The maximum absolute atomic E-state index is 13.0. The highest BCUT2D eigenvalue weighted by Crippen LogP contribution is 2.42. The maximum atomic E-state index is 13.0. The van der Waals surface area contributed by atoms with Crippen LogP contribution in [0, 0.1) is 5.92 Å². The van der Waals surface area contributed by atoms with Crippen molar-refractivity contribution in [3.63, 3.8) is 0 Å². The molecule has 4 nitrogen and oxygen atoms in total. The fraction of sp³-hybridized carbons (Fsp3) is 0.474. The SMILES string of the molecule is COCc1cc(=O)n(-c2ccc(Cl)cc2)c([C@H]2CC[C@@H](C(F)(F)F)CC2)n1. The lowest BCUT2D eigenvalue weighted by molar-refractivity contribution is -0.182. The Balaban J connectivity index is 1.99. The minimum Gasteiger partial charge on any atom is -0.378 e. The quantitative estimate of drug-likeness (QED) is 0.735. The van der Waals surface area contributed by atoms with Gasteiger partial charge in [-0.3, -0.25) is 9.36 Å². The Morgan fingerprint density at radius 2 is 1.81 bits per heavy atom. The summed E-state index contributed by atoms with van der Waals surface area (Å²) in [6.07, 6.45) is -3.42. The average Bonchev–Trinajstić information content (AvgIpc) is 2.62. The molecule has 0 aliphatic heterocycles. The smallest absolute Gasteiger partial charge is 0.378 e. The van der Waals surface area contributed by atoms with Gasteiger partial charge in [-0.15, -0.1) is 0 Å². The first-order valence-electron chi connectivity index (χ1n) is 8.74. The Hall–Kier alpha value is -1.86. The van der Waals surface area contributed by atoms with Crippen molar-refractivity contribution < 1.29 is 17.9 Å². The molecule has 1 aliphatic carbocycles. The summed E-state index contributed by atoms with van der Waals surface area (Å²) in [4.78, 5) is 17.3. The number of ether oxygens (including phenoxy) is 1. The molecule has 0 bridgehead atoms. The lowest BCUT2D eigenvalue weighted by Crippen LogP contribution is -2.31. The third-order valence-electron chi connectivity index (χ3n) is 4.93. The molecule has 1 fully saturated rings. The van der Waals surface area contributed by atoms with Gasteiger partial charge in [0.1, 0.15) is 5.82 Å². The van der Waals surface area contributed by atoms with Crippen molar-refractivity contribution in [2.24, 2.45) is 5.92 Å². The van der Waals surface area contributed by atoms with Gasteiger partial charge in [0.25, 0.3) is 5.56 Å². The van der Waals surface area contributed by atoms with E-state index < -0.39 is 12.1 Å². The van der Waals surface area contributed by atoms with E-state index in [1.807, 2.05) is 0 Å². The third-order valence-corrected chi connectivity index (χ3v) is 5.18. The molecule has 2 aromatic rings. The molecule has 1 heterocycles. The topological polar surface area (TPSA) is 44.1 Å². The number of alkyl halides is 3. The second kappa shape index (κ2) is 8.02. The number of benzene rings is 1.